The number of furan rings is 1. The molecule has 1 aliphatic rings. The summed E-state index contributed by atoms with van der Waals surface area (Å²) in [6.45, 7) is 7.19. The lowest BCUT2D eigenvalue weighted by Crippen LogP contribution is -3.11. The van der Waals surface area contributed by atoms with E-state index in [4.69, 9.17) is 4.42 Å². The van der Waals surface area contributed by atoms with E-state index in [0.717, 1.165) is 25.0 Å². The van der Waals surface area contributed by atoms with Gasteiger partial charge in [0.2, 0.25) is 0 Å². The summed E-state index contributed by atoms with van der Waals surface area (Å²) >= 11 is 0. The molecule has 1 aromatic carbocycles. The summed E-state index contributed by atoms with van der Waals surface area (Å²) in [5, 5.41) is 11.9. The second-order valence-corrected chi connectivity index (χ2v) is 5.91. The molecule has 1 saturated heterocycles. The molecular weight excluding hydrogens is 268 g/mol. The molecule has 0 saturated carbocycles. The third-order valence-electron chi connectivity index (χ3n) is 4.30. The number of carbonyl (C=O) groups excluding carboxylic acids is 1. The molecule has 0 amide bonds. The van der Waals surface area contributed by atoms with Gasteiger partial charge in [-0.2, -0.15) is 0 Å². The van der Waals surface area contributed by atoms with Crippen molar-refractivity contribution in [1.29, 1.82) is 0 Å². The number of nitrogens with zero attached hydrogens (tertiary/aromatic N) is 1. The van der Waals surface area contributed by atoms with Crippen molar-refractivity contribution in [2.24, 2.45) is 0 Å². The van der Waals surface area contributed by atoms with Gasteiger partial charge in [-0.05, 0) is 24.6 Å². The summed E-state index contributed by atoms with van der Waals surface area (Å²) in [4.78, 5) is 15.0. The second-order valence-electron chi connectivity index (χ2n) is 5.91. The summed E-state index contributed by atoms with van der Waals surface area (Å²) < 4.78 is 5.34. The molecule has 112 valence electrons. The predicted molar refractivity (Wildman–Crippen MR) is 77.2 cm³/mol. The third-order valence-corrected chi connectivity index (χ3v) is 4.30. The van der Waals surface area contributed by atoms with Gasteiger partial charge in [-0.15, -0.1) is 0 Å². The quantitative estimate of drug-likeness (QED) is 0.822. The third kappa shape index (κ3) is 2.80. The number of carbonyl (C=O) groups is 1. The summed E-state index contributed by atoms with van der Waals surface area (Å²) in [6.07, 6.45) is 0. The van der Waals surface area contributed by atoms with Gasteiger partial charge in [0, 0.05) is 30.6 Å². The van der Waals surface area contributed by atoms with Gasteiger partial charge in [0.25, 0.3) is 0 Å². The molecule has 0 radical (unpaired) electrons. The minimum absolute atomic E-state index is 0.0645. The Hall–Kier alpha value is -1.85. The Balaban J connectivity index is 1.84. The van der Waals surface area contributed by atoms with Crippen LogP contribution in [0.4, 0.5) is 0 Å². The predicted octanol–water partition coefficient (Wildman–Crippen LogP) is -0.565. The van der Waals surface area contributed by atoms with E-state index in [-0.39, 0.29) is 5.76 Å². The highest BCUT2D eigenvalue weighted by Crippen LogP contribution is 2.26. The number of carboxylic acids is 1. The van der Waals surface area contributed by atoms with Crippen LogP contribution in [-0.2, 0) is 6.54 Å². The number of aromatic carboxylic acids is 1. The molecule has 1 fully saturated rings. The highest BCUT2D eigenvalue weighted by Gasteiger charge is 2.17. The number of nitrogens with one attached hydrogen (secondary N) is 1. The maximum atomic E-state index is 11.0. The number of hydrogen-bond donors (Lipinski definition) is 1. The van der Waals surface area contributed by atoms with Crippen molar-refractivity contribution in [3.05, 3.63) is 35.1 Å². The molecule has 0 atom stereocenters. The van der Waals surface area contributed by atoms with Gasteiger partial charge in [0.15, 0.2) is 5.76 Å². The first-order valence-electron chi connectivity index (χ1n) is 7.31. The normalized spacial score (nSPS) is 17.4. The number of rotatable bonds is 3. The molecule has 0 bridgehead atoms. The Morgan fingerprint density at radius 2 is 2.10 bits per heavy atom. The van der Waals surface area contributed by atoms with E-state index in [1.54, 1.807) is 11.8 Å². The zero-order valence-corrected chi connectivity index (χ0v) is 12.4. The minimum atomic E-state index is -1.26. The van der Waals surface area contributed by atoms with Crippen LogP contribution in [0.15, 0.2) is 22.6 Å². The van der Waals surface area contributed by atoms with E-state index in [1.807, 2.05) is 18.2 Å². The standard InChI is InChI=1S/C16H20N2O3/c1-11-13-9-12(10-18-7-5-17(2)6-8-18)3-4-14(13)21-15(11)16(19)20/h3-4,9H,5-8,10H2,1-2H3,(H,19,20). The molecular formula is C16H20N2O3. The summed E-state index contributed by atoms with van der Waals surface area (Å²) in [6, 6.07) is 5.90. The summed E-state index contributed by atoms with van der Waals surface area (Å²) in [5.74, 6) is -1.32. The van der Waals surface area contributed by atoms with Crippen LogP contribution >= 0.6 is 0 Å². The molecule has 5 heteroatoms. The summed E-state index contributed by atoms with van der Waals surface area (Å²) in [5.41, 5.74) is 2.45. The first kappa shape index (κ1) is 14.1. The lowest BCUT2D eigenvalue weighted by Gasteiger charge is -2.29. The first-order chi connectivity index (χ1) is 10.0. The average Bonchev–Trinajstić information content (AvgIpc) is 2.79. The molecule has 5 nitrogen and oxygen atoms in total. The van der Waals surface area contributed by atoms with Gasteiger partial charge in [-0.25, -0.2) is 0 Å². The van der Waals surface area contributed by atoms with Crippen LogP contribution in [0.2, 0.25) is 0 Å². The van der Waals surface area contributed by atoms with Gasteiger partial charge in [-0.1, -0.05) is 6.07 Å². The fourth-order valence-corrected chi connectivity index (χ4v) is 2.91. The topological polar surface area (TPSA) is 60.9 Å². The lowest BCUT2D eigenvalue weighted by molar-refractivity contribution is -0.884. The van der Waals surface area contributed by atoms with Crippen LogP contribution in [-0.4, -0.2) is 44.1 Å². The highest BCUT2D eigenvalue weighted by molar-refractivity contribution is 5.94. The maximum Gasteiger partial charge on any atom is 0.153 e. The van der Waals surface area contributed by atoms with Gasteiger partial charge in [0.1, 0.15) is 11.6 Å². The van der Waals surface area contributed by atoms with Crippen molar-refractivity contribution < 1.29 is 19.2 Å². The highest BCUT2D eigenvalue weighted by atomic mass is 16.4. The smallest absolute Gasteiger partial charge is 0.153 e. The van der Waals surface area contributed by atoms with E-state index in [1.165, 1.54) is 18.7 Å². The van der Waals surface area contributed by atoms with Crippen LogP contribution in [0.25, 0.3) is 11.0 Å². The number of quaternary nitrogens is 1. The fraction of sp³-hybridized carbons (Fsp3) is 0.438. The van der Waals surface area contributed by atoms with Crippen LogP contribution < -0.4 is 10.0 Å². The Bertz CT molecular complexity index is 669. The van der Waals surface area contributed by atoms with E-state index in [2.05, 4.69) is 11.9 Å². The lowest BCUT2D eigenvalue weighted by atomic mass is 10.1. The van der Waals surface area contributed by atoms with Crippen LogP contribution in [0.5, 0.6) is 0 Å². The number of fused-ring (bicyclic) bond motifs is 1. The number of hydrogen-bond acceptors (Lipinski definition) is 4. The maximum absolute atomic E-state index is 11.0. The van der Waals surface area contributed by atoms with Crippen molar-refractivity contribution in [2.45, 2.75) is 13.5 Å². The van der Waals surface area contributed by atoms with Crippen molar-refractivity contribution in [1.82, 2.24) is 4.90 Å². The van der Waals surface area contributed by atoms with Crippen LogP contribution in [0, 0.1) is 6.92 Å². The van der Waals surface area contributed by atoms with E-state index in [9.17, 15) is 9.90 Å². The number of aryl methyl sites for hydroxylation is 1. The molecule has 0 unspecified atom stereocenters. The molecule has 2 heterocycles. The molecule has 2 aromatic rings. The van der Waals surface area contributed by atoms with Crippen molar-refractivity contribution in [3.63, 3.8) is 0 Å². The zero-order chi connectivity index (χ0) is 15.0. The van der Waals surface area contributed by atoms with Gasteiger partial charge in [-0.3, -0.25) is 4.90 Å². The van der Waals surface area contributed by atoms with E-state index >= 15 is 0 Å². The summed E-state index contributed by atoms with van der Waals surface area (Å²) in [7, 11) is 2.22. The monoisotopic (exact) mass is 288 g/mol. The Morgan fingerprint density at radius 3 is 2.76 bits per heavy atom. The fourth-order valence-electron chi connectivity index (χ4n) is 2.91. The number of likely N-dealkylation sites (N-methyl/N-ethyl adjacent to an activating group) is 1. The number of benzene rings is 1. The largest absolute Gasteiger partial charge is 0.542 e. The molecule has 1 aliphatic heterocycles. The second kappa shape index (κ2) is 5.50. The van der Waals surface area contributed by atoms with Crippen LogP contribution in [0.1, 0.15) is 21.7 Å². The molecule has 1 N–H and O–H groups in total. The molecule has 0 aliphatic carbocycles. The van der Waals surface area contributed by atoms with Gasteiger partial charge in [0.05, 0.1) is 20.1 Å². The molecule has 1 aromatic heterocycles. The minimum Gasteiger partial charge on any atom is -0.542 e. The molecule has 0 spiro atoms. The Morgan fingerprint density at radius 1 is 1.38 bits per heavy atom. The first-order valence-corrected chi connectivity index (χ1v) is 7.31. The Kier molecular flexibility index (Phi) is 3.69. The van der Waals surface area contributed by atoms with E-state index < -0.39 is 5.97 Å². The van der Waals surface area contributed by atoms with Crippen LogP contribution in [0.3, 0.4) is 0 Å². The van der Waals surface area contributed by atoms with Gasteiger partial charge >= 0.3 is 0 Å². The van der Waals surface area contributed by atoms with Crippen molar-refractivity contribution >= 4 is 16.9 Å². The average molecular weight is 288 g/mol. The molecule has 3 rings (SSSR count). The van der Waals surface area contributed by atoms with Crippen molar-refractivity contribution in [2.75, 3.05) is 33.2 Å². The Labute approximate surface area is 123 Å². The molecule has 21 heavy (non-hydrogen) atoms. The van der Waals surface area contributed by atoms with Crippen molar-refractivity contribution in [3.8, 4) is 0 Å². The number of piperazine rings is 1. The van der Waals surface area contributed by atoms with E-state index in [0.29, 0.717) is 11.1 Å². The zero-order valence-electron chi connectivity index (χ0n) is 12.4. The SMILES string of the molecule is Cc1c(C(=O)[O-])oc2ccc(CN3CC[NH+](C)CC3)cc12. The number of carboxylic acid groups (broad SMARTS) is 1. The van der Waals surface area contributed by atoms with Gasteiger partial charge < -0.3 is 19.2 Å².